The maximum absolute atomic E-state index is 12.1. The molecule has 1 aliphatic heterocycles. The number of benzene rings is 1. The third kappa shape index (κ3) is 4.55. The summed E-state index contributed by atoms with van der Waals surface area (Å²) in [6.07, 6.45) is 2.86. The molecule has 1 fully saturated rings. The van der Waals surface area contributed by atoms with Gasteiger partial charge in [0, 0.05) is 46.8 Å². The minimum atomic E-state index is -3.35. The number of nitrogens with zero attached hydrogens (tertiary/aromatic N) is 3. The van der Waals surface area contributed by atoms with Gasteiger partial charge in [-0.3, -0.25) is 4.90 Å². The third-order valence-corrected chi connectivity index (χ3v) is 7.04. The lowest BCUT2D eigenvalue weighted by Crippen LogP contribution is -2.53. The second-order valence-electron chi connectivity index (χ2n) is 7.24. The number of aliphatic hydroxyl groups excluding tert-OH is 1. The highest BCUT2D eigenvalue weighted by atomic mass is 32.2. The van der Waals surface area contributed by atoms with Crippen LogP contribution in [0.1, 0.15) is 17.5 Å². The third-order valence-electron chi connectivity index (χ3n) is 5.10. The maximum Gasteiger partial charge on any atom is 0.281 e. The van der Waals surface area contributed by atoms with E-state index in [1.165, 1.54) is 26.2 Å². The van der Waals surface area contributed by atoms with Gasteiger partial charge in [-0.1, -0.05) is 6.07 Å². The van der Waals surface area contributed by atoms with Crippen LogP contribution in [0.3, 0.4) is 0 Å². The Balaban J connectivity index is 1.42. The molecule has 3 rings (SSSR count). The monoisotopic (exact) mass is 383 g/mol. The Kier molecular flexibility index (Phi) is 6.19. The molecule has 1 N–H and O–H groups in total. The van der Waals surface area contributed by atoms with Crippen molar-refractivity contribution in [2.45, 2.75) is 25.4 Å². The quantitative estimate of drug-likeness (QED) is 0.735. The Labute approximate surface area is 156 Å². The van der Waals surface area contributed by atoms with E-state index < -0.39 is 16.3 Å². The molecule has 1 saturated heterocycles. The molecule has 0 radical (unpaired) electrons. The second-order valence-corrected chi connectivity index (χ2v) is 9.38. The van der Waals surface area contributed by atoms with Crippen molar-refractivity contribution in [1.29, 1.82) is 0 Å². The zero-order valence-electron chi connectivity index (χ0n) is 15.6. The van der Waals surface area contributed by atoms with E-state index in [0.29, 0.717) is 32.7 Å². The van der Waals surface area contributed by atoms with Crippen molar-refractivity contribution in [3.8, 4) is 5.75 Å². The van der Waals surface area contributed by atoms with Crippen molar-refractivity contribution >= 4 is 10.2 Å². The van der Waals surface area contributed by atoms with Crippen LogP contribution < -0.4 is 4.74 Å². The normalized spacial score (nSPS) is 20.3. The number of ether oxygens (including phenoxy) is 1. The van der Waals surface area contributed by atoms with E-state index in [0.717, 1.165) is 18.6 Å². The molecule has 0 aromatic heterocycles. The highest BCUT2D eigenvalue weighted by Gasteiger charge is 2.29. The average molecular weight is 384 g/mol. The number of fused-ring (bicyclic) bond motifs is 1. The first-order valence-corrected chi connectivity index (χ1v) is 10.6. The summed E-state index contributed by atoms with van der Waals surface area (Å²) < 4.78 is 32.7. The zero-order valence-corrected chi connectivity index (χ0v) is 16.4. The molecule has 0 spiro atoms. The average Bonchev–Trinajstić information content (AvgIpc) is 3.08. The van der Waals surface area contributed by atoms with Crippen LogP contribution in [0.5, 0.6) is 5.75 Å². The first kappa shape index (κ1) is 19.6. The number of piperazine rings is 1. The Morgan fingerprint density at radius 1 is 1.15 bits per heavy atom. The first-order chi connectivity index (χ1) is 12.4. The van der Waals surface area contributed by atoms with Gasteiger partial charge in [-0.2, -0.15) is 17.0 Å². The summed E-state index contributed by atoms with van der Waals surface area (Å²) in [5.74, 6) is 0.812. The fourth-order valence-electron chi connectivity index (χ4n) is 3.55. The van der Waals surface area contributed by atoms with Crippen molar-refractivity contribution in [2.75, 3.05) is 53.4 Å². The summed E-state index contributed by atoms with van der Waals surface area (Å²) in [6.45, 7) is 2.85. The number of β-amino-alcohol motifs (C(OH)–C–C–N with tert-alkyl or cyclic N) is 1. The van der Waals surface area contributed by atoms with E-state index in [1.807, 2.05) is 6.07 Å². The van der Waals surface area contributed by atoms with E-state index in [-0.39, 0.29) is 6.61 Å². The number of aryl methyl sites for hydroxylation is 2. The van der Waals surface area contributed by atoms with Crippen molar-refractivity contribution in [3.05, 3.63) is 29.3 Å². The molecule has 1 atom stereocenters. The fourth-order valence-corrected chi connectivity index (χ4v) is 4.64. The van der Waals surface area contributed by atoms with Crippen molar-refractivity contribution in [1.82, 2.24) is 13.5 Å². The molecule has 8 heteroatoms. The van der Waals surface area contributed by atoms with Crippen LogP contribution in [-0.2, 0) is 23.1 Å². The summed E-state index contributed by atoms with van der Waals surface area (Å²) in [5.41, 5.74) is 2.76. The van der Waals surface area contributed by atoms with Crippen LogP contribution >= 0.6 is 0 Å². The minimum Gasteiger partial charge on any atom is -0.491 e. The predicted molar refractivity (Wildman–Crippen MR) is 101 cm³/mol. The lowest BCUT2D eigenvalue weighted by molar-refractivity contribution is 0.0564. The summed E-state index contributed by atoms with van der Waals surface area (Å²) in [5, 5.41) is 10.3. The van der Waals surface area contributed by atoms with E-state index in [1.54, 1.807) is 14.1 Å². The highest BCUT2D eigenvalue weighted by molar-refractivity contribution is 7.86. The van der Waals surface area contributed by atoms with Crippen molar-refractivity contribution < 1.29 is 18.3 Å². The van der Waals surface area contributed by atoms with E-state index in [9.17, 15) is 13.5 Å². The van der Waals surface area contributed by atoms with Crippen molar-refractivity contribution in [2.24, 2.45) is 0 Å². The molecule has 2 aliphatic rings. The number of aliphatic hydroxyl groups is 1. The van der Waals surface area contributed by atoms with Gasteiger partial charge in [0.15, 0.2) is 0 Å². The van der Waals surface area contributed by atoms with Gasteiger partial charge >= 0.3 is 0 Å². The van der Waals surface area contributed by atoms with Crippen LogP contribution in [0.2, 0.25) is 0 Å². The smallest absolute Gasteiger partial charge is 0.281 e. The van der Waals surface area contributed by atoms with Gasteiger partial charge in [0.1, 0.15) is 18.5 Å². The Hall–Kier alpha value is -1.19. The molecule has 1 heterocycles. The lowest BCUT2D eigenvalue weighted by atomic mass is 10.1. The van der Waals surface area contributed by atoms with Gasteiger partial charge < -0.3 is 9.84 Å². The fraction of sp³-hybridized carbons (Fsp3) is 0.667. The lowest BCUT2D eigenvalue weighted by Gasteiger charge is -2.35. The molecule has 1 aromatic rings. The van der Waals surface area contributed by atoms with Crippen LogP contribution in [-0.4, -0.2) is 86.6 Å². The molecule has 0 saturated carbocycles. The molecule has 26 heavy (non-hydrogen) atoms. The van der Waals surface area contributed by atoms with Crippen LogP contribution in [0.15, 0.2) is 18.2 Å². The van der Waals surface area contributed by atoms with Crippen LogP contribution in [0.4, 0.5) is 0 Å². The molecule has 1 aliphatic carbocycles. The van der Waals surface area contributed by atoms with E-state index >= 15 is 0 Å². The Bertz CT molecular complexity index is 715. The zero-order chi connectivity index (χ0) is 18.7. The van der Waals surface area contributed by atoms with Gasteiger partial charge in [-0.25, -0.2) is 0 Å². The van der Waals surface area contributed by atoms with Gasteiger partial charge in [0.05, 0.1) is 0 Å². The topological polar surface area (TPSA) is 73.3 Å². The largest absolute Gasteiger partial charge is 0.491 e. The maximum atomic E-state index is 12.1. The summed E-state index contributed by atoms with van der Waals surface area (Å²) in [6, 6.07) is 6.18. The summed E-state index contributed by atoms with van der Waals surface area (Å²) >= 11 is 0. The Morgan fingerprint density at radius 3 is 2.54 bits per heavy atom. The summed E-state index contributed by atoms with van der Waals surface area (Å²) in [4.78, 5) is 2.08. The van der Waals surface area contributed by atoms with E-state index in [4.69, 9.17) is 4.74 Å². The number of hydrogen-bond donors (Lipinski definition) is 1. The highest BCUT2D eigenvalue weighted by Crippen LogP contribution is 2.26. The van der Waals surface area contributed by atoms with Gasteiger partial charge in [0.2, 0.25) is 0 Å². The Morgan fingerprint density at radius 2 is 1.85 bits per heavy atom. The number of rotatable bonds is 7. The van der Waals surface area contributed by atoms with Crippen molar-refractivity contribution in [3.63, 3.8) is 0 Å². The van der Waals surface area contributed by atoms with E-state index in [2.05, 4.69) is 17.0 Å². The second kappa shape index (κ2) is 8.22. The molecule has 7 nitrogen and oxygen atoms in total. The molecule has 146 valence electrons. The molecule has 0 unspecified atom stereocenters. The van der Waals surface area contributed by atoms with Gasteiger partial charge in [-0.05, 0) is 42.5 Å². The van der Waals surface area contributed by atoms with Gasteiger partial charge in [-0.15, -0.1) is 0 Å². The van der Waals surface area contributed by atoms with Gasteiger partial charge in [0.25, 0.3) is 10.2 Å². The first-order valence-electron chi connectivity index (χ1n) is 9.19. The number of hydrogen-bond acceptors (Lipinski definition) is 5. The molecular weight excluding hydrogens is 354 g/mol. The predicted octanol–water partition coefficient (Wildman–Crippen LogP) is 0.339. The standard InChI is InChI=1S/C18H29N3O4S/c1-19(2)26(23,24)21-10-8-20(9-11-21)13-17(22)14-25-18-7-6-15-4-3-5-16(15)12-18/h6-7,12,17,22H,3-5,8-11,13-14H2,1-2H3/t17-/m0/s1. The molecule has 0 amide bonds. The molecule has 1 aromatic carbocycles. The van der Waals surface area contributed by atoms with Crippen LogP contribution in [0, 0.1) is 0 Å². The summed E-state index contributed by atoms with van der Waals surface area (Å²) in [7, 11) is -0.264. The van der Waals surface area contributed by atoms with Crippen LogP contribution in [0.25, 0.3) is 0 Å². The SMILES string of the molecule is CN(C)S(=O)(=O)N1CCN(C[C@H](O)COc2ccc3c(c2)CCC3)CC1. The minimum absolute atomic E-state index is 0.245. The molecule has 0 bridgehead atoms. The molecular formula is C18H29N3O4S.